The first kappa shape index (κ1) is 13.4. The van der Waals surface area contributed by atoms with E-state index in [1.165, 1.54) is 11.3 Å². The maximum absolute atomic E-state index is 10.9. The van der Waals surface area contributed by atoms with Gasteiger partial charge in [0.25, 0.3) is 0 Å². The zero-order valence-electron chi connectivity index (χ0n) is 10.4. The number of nitrogens with zero attached hydrogens (tertiary/aromatic N) is 1. The second-order valence-electron chi connectivity index (χ2n) is 3.95. The van der Waals surface area contributed by atoms with Crippen LogP contribution < -0.4 is 10.5 Å². The van der Waals surface area contributed by atoms with E-state index in [1.807, 2.05) is 17.5 Å². The molecule has 0 bridgehead atoms. The van der Waals surface area contributed by atoms with Crippen LogP contribution in [0.15, 0.2) is 29.6 Å². The highest BCUT2D eigenvalue weighted by Crippen LogP contribution is 2.25. The third kappa shape index (κ3) is 3.23. The van der Waals surface area contributed by atoms with Gasteiger partial charge < -0.3 is 15.6 Å². The minimum atomic E-state index is -0.959. The number of thiazole rings is 1. The van der Waals surface area contributed by atoms with Gasteiger partial charge >= 0.3 is 5.97 Å². The summed E-state index contributed by atoms with van der Waals surface area (Å²) in [7, 11) is 0. The Kier molecular flexibility index (Phi) is 4.01. The van der Waals surface area contributed by atoms with E-state index in [4.69, 9.17) is 15.6 Å². The van der Waals surface area contributed by atoms with Gasteiger partial charge in [-0.05, 0) is 30.7 Å². The number of ether oxygens (including phenoxy) is 1. The van der Waals surface area contributed by atoms with Crippen LogP contribution in [-0.4, -0.2) is 22.2 Å². The van der Waals surface area contributed by atoms with Crippen molar-refractivity contribution in [3.05, 3.63) is 29.6 Å². The summed E-state index contributed by atoms with van der Waals surface area (Å²) in [6.07, 6.45) is -0.402. The van der Waals surface area contributed by atoms with Crippen molar-refractivity contribution < 1.29 is 14.6 Å². The fraction of sp³-hybridized carbons (Fsp3) is 0.231. The number of aliphatic carboxylic acids is 1. The Balaban J connectivity index is 2.12. The lowest BCUT2D eigenvalue weighted by Gasteiger charge is -2.13. The largest absolute Gasteiger partial charge is 0.479 e. The van der Waals surface area contributed by atoms with Gasteiger partial charge in [0.05, 0.1) is 5.69 Å². The second kappa shape index (κ2) is 5.71. The molecule has 5 nitrogen and oxygen atoms in total. The normalized spacial score (nSPS) is 12.1. The van der Waals surface area contributed by atoms with Crippen LogP contribution in [0.25, 0.3) is 11.3 Å². The summed E-state index contributed by atoms with van der Waals surface area (Å²) in [6.45, 7) is 1.77. The molecule has 0 aliphatic carbocycles. The lowest BCUT2D eigenvalue weighted by Crippen LogP contribution is -2.25. The van der Waals surface area contributed by atoms with Crippen LogP contribution >= 0.6 is 11.3 Å². The third-order valence-corrected chi connectivity index (χ3v) is 3.27. The minimum absolute atomic E-state index is 0.416. The standard InChI is InChI=1S/C13H14N2O3S/c1-2-11(12(16)17)18-9-5-3-8(4-6-9)10-7-19-13(14)15-10/h3-7,11H,2H2,1H3,(H2,14,15)(H,16,17). The first-order valence-electron chi connectivity index (χ1n) is 5.81. The molecule has 0 spiro atoms. The third-order valence-electron chi connectivity index (χ3n) is 2.60. The summed E-state index contributed by atoms with van der Waals surface area (Å²) < 4.78 is 5.38. The number of rotatable bonds is 5. The van der Waals surface area contributed by atoms with Crippen LogP contribution in [0.5, 0.6) is 5.75 Å². The van der Waals surface area contributed by atoms with Crippen molar-refractivity contribution in [1.82, 2.24) is 4.98 Å². The number of aromatic nitrogens is 1. The molecule has 19 heavy (non-hydrogen) atoms. The number of nitrogens with two attached hydrogens (primary N) is 1. The molecule has 2 aromatic rings. The van der Waals surface area contributed by atoms with E-state index in [2.05, 4.69) is 4.98 Å². The van der Waals surface area contributed by atoms with Gasteiger partial charge in [0.2, 0.25) is 0 Å². The molecular formula is C13H14N2O3S. The number of benzene rings is 1. The summed E-state index contributed by atoms with van der Waals surface area (Å²) in [5, 5.41) is 11.3. The first-order valence-corrected chi connectivity index (χ1v) is 6.69. The van der Waals surface area contributed by atoms with Crippen LogP contribution in [0, 0.1) is 0 Å². The zero-order chi connectivity index (χ0) is 13.8. The van der Waals surface area contributed by atoms with Crippen LogP contribution in [0.4, 0.5) is 5.13 Å². The number of hydrogen-bond donors (Lipinski definition) is 2. The summed E-state index contributed by atoms with van der Waals surface area (Å²) in [6, 6.07) is 7.13. The maximum Gasteiger partial charge on any atom is 0.344 e. The van der Waals surface area contributed by atoms with Gasteiger partial charge in [0.15, 0.2) is 11.2 Å². The Bertz CT molecular complexity index is 566. The number of carbonyl (C=O) groups is 1. The second-order valence-corrected chi connectivity index (χ2v) is 4.84. The molecule has 6 heteroatoms. The highest BCUT2D eigenvalue weighted by molar-refractivity contribution is 7.13. The topological polar surface area (TPSA) is 85.4 Å². The van der Waals surface area contributed by atoms with Crippen molar-refractivity contribution in [3.63, 3.8) is 0 Å². The zero-order valence-corrected chi connectivity index (χ0v) is 11.2. The summed E-state index contributed by atoms with van der Waals surface area (Å²) >= 11 is 1.38. The minimum Gasteiger partial charge on any atom is -0.479 e. The van der Waals surface area contributed by atoms with E-state index in [9.17, 15) is 4.79 Å². The van der Waals surface area contributed by atoms with Crippen LogP contribution in [0.1, 0.15) is 13.3 Å². The van der Waals surface area contributed by atoms with Gasteiger partial charge in [-0.3, -0.25) is 0 Å². The van der Waals surface area contributed by atoms with E-state index < -0.39 is 12.1 Å². The van der Waals surface area contributed by atoms with Crippen molar-refractivity contribution in [3.8, 4) is 17.0 Å². The Hall–Kier alpha value is -2.08. The molecule has 1 aromatic heterocycles. The summed E-state index contributed by atoms with van der Waals surface area (Å²) in [4.78, 5) is 15.1. The molecule has 3 N–H and O–H groups in total. The van der Waals surface area contributed by atoms with Gasteiger partial charge in [0.1, 0.15) is 5.75 Å². The van der Waals surface area contributed by atoms with E-state index >= 15 is 0 Å². The van der Waals surface area contributed by atoms with Gasteiger partial charge in [0, 0.05) is 10.9 Å². The van der Waals surface area contributed by atoms with Gasteiger partial charge in [-0.1, -0.05) is 6.92 Å². The van der Waals surface area contributed by atoms with Gasteiger partial charge in [-0.25, -0.2) is 9.78 Å². The molecule has 0 amide bonds. The SMILES string of the molecule is CCC(Oc1ccc(-c2csc(N)n2)cc1)C(=O)O. The Morgan fingerprint density at radius 3 is 2.63 bits per heavy atom. The molecule has 0 saturated carbocycles. The summed E-state index contributed by atoms with van der Waals surface area (Å²) in [5.41, 5.74) is 7.31. The highest BCUT2D eigenvalue weighted by atomic mass is 32.1. The molecule has 0 aliphatic rings. The molecule has 1 aromatic carbocycles. The lowest BCUT2D eigenvalue weighted by molar-refractivity contribution is -0.145. The molecular weight excluding hydrogens is 264 g/mol. The number of anilines is 1. The molecule has 0 radical (unpaired) electrons. The van der Waals surface area contributed by atoms with E-state index in [0.29, 0.717) is 17.3 Å². The van der Waals surface area contributed by atoms with E-state index in [-0.39, 0.29) is 0 Å². The van der Waals surface area contributed by atoms with Crippen molar-refractivity contribution in [2.45, 2.75) is 19.4 Å². The van der Waals surface area contributed by atoms with Crippen molar-refractivity contribution in [1.29, 1.82) is 0 Å². The van der Waals surface area contributed by atoms with Crippen molar-refractivity contribution in [2.75, 3.05) is 5.73 Å². The fourth-order valence-electron chi connectivity index (χ4n) is 1.60. The smallest absolute Gasteiger partial charge is 0.344 e. The fourth-order valence-corrected chi connectivity index (χ4v) is 2.17. The van der Waals surface area contributed by atoms with E-state index in [1.54, 1.807) is 19.1 Å². The van der Waals surface area contributed by atoms with Gasteiger partial charge in [-0.15, -0.1) is 11.3 Å². The molecule has 1 unspecified atom stereocenters. The quantitative estimate of drug-likeness (QED) is 0.878. The average Bonchev–Trinajstić information content (AvgIpc) is 2.83. The summed E-state index contributed by atoms with van der Waals surface area (Å²) in [5.74, 6) is -0.431. The van der Waals surface area contributed by atoms with Crippen molar-refractivity contribution in [2.24, 2.45) is 0 Å². The predicted molar refractivity (Wildman–Crippen MR) is 74.3 cm³/mol. The van der Waals surface area contributed by atoms with Crippen LogP contribution in [0.2, 0.25) is 0 Å². The molecule has 100 valence electrons. The number of carboxylic acid groups (broad SMARTS) is 1. The van der Waals surface area contributed by atoms with Gasteiger partial charge in [-0.2, -0.15) is 0 Å². The predicted octanol–water partition coefficient (Wildman–Crippen LogP) is 2.63. The number of hydrogen-bond acceptors (Lipinski definition) is 5. The molecule has 0 saturated heterocycles. The number of carboxylic acids is 1. The van der Waals surface area contributed by atoms with E-state index in [0.717, 1.165) is 11.3 Å². The lowest BCUT2D eigenvalue weighted by atomic mass is 10.1. The monoisotopic (exact) mass is 278 g/mol. The molecule has 1 heterocycles. The van der Waals surface area contributed by atoms with Crippen LogP contribution in [-0.2, 0) is 4.79 Å². The van der Waals surface area contributed by atoms with Crippen molar-refractivity contribution >= 4 is 22.4 Å². The molecule has 0 fully saturated rings. The maximum atomic E-state index is 10.9. The molecule has 2 rings (SSSR count). The Labute approximate surface area is 114 Å². The Morgan fingerprint density at radius 1 is 1.47 bits per heavy atom. The van der Waals surface area contributed by atoms with Crippen LogP contribution in [0.3, 0.4) is 0 Å². The molecule has 1 atom stereocenters. The first-order chi connectivity index (χ1) is 9.10. The highest BCUT2D eigenvalue weighted by Gasteiger charge is 2.16. The number of nitrogen functional groups attached to an aromatic ring is 1. The Morgan fingerprint density at radius 2 is 2.16 bits per heavy atom. The molecule has 0 aliphatic heterocycles. The average molecular weight is 278 g/mol.